The molecule has 0 amide bonds. The third-order valence-corrected chi connectivity index (χ3v) is 2.99. The van der Waals surface area contributed by atoms with Crippen molar-refractivity contribution in [2.24, 2.45) is 5.73 Å². The molecule has 0 spiro atoms. The van der Waals surface area contributed by atoms with Crippen LogP contribution in [-0.2, 0) is 12.1 Å². The quantitative estimate of drug-likeness (QED) is 0.752. The van der Waals surface area contributed by atoms with Gasteiger partial charge in [-0.05, 0) is 17.7 Å². The molecule has 5 heteroatoms. The van der Waals surface area contributed by atoms with Crippen LogP contribution in [0.15, 0.2) is 36.8 Å². The lowest BCUT2D eigenvalue weighted by Gasteiger charge is -2.29. The van der Waals surface area contributed by atoms with Crippen LogP contribution in [0.3, 0.4) is 0 Å². The van der Waals surface area contributed by atoms with Gasteiger partial charge in [0.15, 0.2) is 0 Å². The predicted octanol–water partition coefficient (Wildman–Crippen LogP) is 0.741. The summed E-state index contributed by atoms with van der Waals surface area (Å²) in [6, 6.07) is 3.86. The minimum atomic E-state index is -0.547. The molecule has 0 aliphatic carbocycles. The Balaban J connectivity index is 2.03. The Morgan fingerprint density at radius 2 is 2.29 bits per heavy atom. The van der Waals surface area contributed by atoms with Crippen molar-refractivity contribution < 1.29 is 0 Å². The normalized spacial score (nSPS) is 22.4. The van der Waals surface area contributed by atoms with E-state index in [-0.39, 0.29) is 0 Å². The van der Waals surface area contributed by atoms with Crippen LogP contribution >= 0.6 is 0 Å². The van der Waals surface area contributed by atoms with Gasteiger partial charge in [0.25, 0.3) is 0 Å². The summed E-state index contributed by atoms with van der Waals surface area (Å²) >= 11 is 0. The fourth-order valence-corrected chi connectivity index (χ4v) is 2.09. The Morgan fingerprint density at radius 1 is 1.41 bits per heavy atom. The molecule has 5 nitrogen and oxygen atoms in total. The maximum Gasteiger partial charge on any atom is 0.142 e. The standard InChI is InChI=1S/C12H13N5/c13-10-7-17-8-12(14,4-3-11(17)16-10)9-2-1-5-15-6-9/h1-7H,8,13-14H2. The molecule has 0 aromatic carbocycles. The molecular formula is C12H13N5. The number of pyridine rings is 1. The van der Waals surface area contributed by atoms with E-state index >= 15 is 0 Å². The van der Waals surface area contributed by atoms with Crippen molar-refractivity contribution >= 4 is 11.9 Å². The molecule has 3 heterocycles. The SMILES string of the molecule is Nc1cn2c(n1)C=CC(N)(c1cccnc1)C2. The van der Waals surface area contributed by atoms with Crippen molar-refractivity contribution in [1.29, 1.82) is 0 Å². The maximum absolute atomic E-state index is 6.39. The van der Waals surface area contributed by atoms with Crippen molar-refractivity contribution in [1.82, 2.24) is 14.5 Å². The van der Waals surface area contributed by atoms with Gasteiger partial charge in [0.1, 0.15) is 11.6 Å². The van der Waals surface area contributed by atoms with E-state index < -0.39 is 5.54 Å². The minimum absolute atomic E-state index is 0.514. The molecule has 0 saturated heterocycles. The van der Waals surface area contributed by atoms with Crippen molar-refractivity contribution in [3.8, 4) is 0 Å². The largest absolute Gasteiger partial charge is 0.382 e. The van der Waals surface area contributed by atoms with E-state index in [9.17, 15) is 0 Å². The minimum Gasteiger partial charge on any atom is -0.382 e. The van der Waals surface area contributed by atoms with Crippen LogP contribution in [0, 0.1) is 0 Å². The first-order chi connectivity index (χ1) is 8.17. The number of aromatic nitrogens is 3. The smallest absolute Gasteiger partial charge is 0.142 e. The van der Waals surface area contributed by atoms with E-state index in [0.717, 1.165) is 11.4 Å². The lowest BCUT2D eigenvalue weighted by molar-refractivity contribution is 0.450. The van der Waals surface area contributed by atoms with E-state index in [1.807, 2.05) is 28.9 Å². The van der Waals surface area contributed by atoms with Gasteiger partial charge in [-0.25, -0.2) is 4.98 Å². The Kier molecular flexibility index (Phi) is 2.02. The highest BCUT2D eigenvalue weighted by Crippen LogP contribution is 2.27. The Bertz CT molecular complexity index is 572. The predicted molar refractivity (Wildman–Crippen MR) is 65.8 cm³/mol. The number of rotatable bonds is 1. The summed E-state index contributed by atoms with van der Waals surface area (Å²) in [4.78, 5) is 8.30. The fourth-order valence-electron chi connectivity index (χ4n) is 2.09. The van der Waals surface area contributed by atoms with Crippen molar-refractivity contribution in [3.63, 3.8) is 0 Å². The summed E-state index contributed by atoms with van der Waals surface area (Å²) in [5, 5.41) is 0. The lowest BCUT2D eigenvalue weighted by Crippen LogP contribution is -2.41. The lowest BCUT2D eigenvalue weighted by atomic mass is 9.90. The number of anilines is 1. The van der Waals surface area contributed by atoms with Crippen LogP contribution in [0.5, 0.6) is 0 Å². The molecule has 4 N–H and O–H groups in total. The van der Waals surface area contributed by atoms with E-state index in [4.69, 9.17) is 11.5 Å². The number of nitrogens with two attached hydrogens (primary N) is 2. The summed E-state index contributed by atoms with van der Waals surface area (Å²) < 4.78 is 1.96. The van der Waals surface area contributed by atoms with Gasteiger partial charge in [-0.15, -0.1) is 0 Å². The summed E-state index contributed by atoms with van der Waals surface area (Å²) in [6.45, 7) is 0.620. The maximum atomic E-state index is 6.39. The zero-order valence-corrected chi connectivity index (χ0v) is 9.24. The topological polar surface area (TPSA) is 82.8 Å². The van der Waals surface area contributed by atoms with Gasteiger partial charge in [-0.2, -0.15) is 0 Å². The first-order valence-corrected chi connectivity index (χ1v) is 5.39. The van der Waals surface area contributed by atoms with Gasteiger partial charge in [0.05, 0.1) is 12.1 Å². The number of hydrogen-bond donors (Lipinski definition) is 2. The summed E-state index contributed by atoms with van der Waals surface area (Å²) in [5.74, 6) is 1.35. The van der Waals surface area contributed by atoms with Crippen molar-refractivity contribution in [2.75, 3.05) is 5.73 Å². The number of imidazole rings is 1. The van der Waals surface area contributed by atoms with Gasteiger partial charge in [-0.3, -0.25) is 4.98 Å². The van der Waals surface area contributed by atoms with Crippen LogP contribution in [0.1, 0.15) is 11.4 Å². The molecule has 0 saturated carbocycles. The summed E-state index contributed by atoms with van der Waals surface area (Å²) in [7, 11) is 0. The van der Waals surface area contributed by atoms with Crippen LogP contribution in [-0.4, -0.2) is 14.5 Å². The molecule has 2 aromatic rings. The van der Waals surface area contributed by atoms with Crippen LogP contribution < -0.4 is 11.5 Å². The Morgan fingerprint density at radius 3 is 3.06 bits per heavy atom. The van der Waals surface area contributed by atoms with Gasteiger partial charge in [0, 0.05) is 18.6 Å². The highest BCUT2D eigenvalue weighted by atomic mass is 15.1. The van der Waals surface area contributed by atoms with Crippen molar-refractivity contribution in [2.45, 2.75) is 12.1 Å². The van der Waals surface area contributed by atoms with Crippen LogP contribution in [0.4, 0.5) is 5.82 Å². The number of nitrogens with zero attached hydrogens (tertiary/aromatic N) is 3. The average Bonchev–Trinajstić information content (AvgIpc) is 2.69. The average molecular weight is 227 g/mol. The molecule has 2 aromatic heterocycles. The molecule has 86 valence electrons. The molecule has 1 unspecified atom stereocenters. The monoisotopic (exact) mass is 227 g/mol. The second-order valence-electron chi connectivity index (χ2n) is 4.27. The highest BCUT2D eigenvalue weighted by Gasteiger charge is 2.29. The zero-order valence-electron chi connectivity index (χ0n) is 9.24. The van der Waals surface area contributed by atoms with Gasteiger partial charge < -0.3 is 16.0 Å². The summed E-state index contributed by atoms with van der Waals surface area (Å²) in [6.07, 6.45) is 9.17. The molecule has 0 fully saturated rings. The van der Waals surface area contributed by atoms with Gasteiger partial charge >= 0.3 is 0 Å². The third-order valence-electron chi connectivity index (χ3n) is 2.99. The molecule has 17 heavy (non-hydrogen) atoms. The van der Waals surface area contributed by atoms with E-state index in [1.54, 1.807) is 18.6 Å². The van der Waals surface area contributed by atoms with Crippen LogP contribution in [0.2, 0.25) is 0 Å². The second kappa shape index (κ2) is 3.43. The molecule has 3 rings (SSSR count). The zero-order chi connectivity index (χ0) is 11.9. The summed E-state index contributed by atoms with van der Waals surface area (Å²) in [5.41, 5.74) is 12.5. The van der Waals surface area contributed by atoms with E-state index in [2.05, 4.69) is 9.97 Å². The fraction of sp³-hybridized carbons (Fsp3) is 0.167. The highest BCUT2D eigenvalue weighted by molar-refractivity contribution is 5.51. The Hall–Kier alpha value is -2.14. The molecule has 1 aliphatic heterocycles. The molecule has 0 bridgehead atoms. The molecular weight excluding hydrogens is 214 g/mol. The molecule has 1 atom stereocenters. The van der Waals surface area contributed by atoms with Gasteiger partial charge in [0.2, 0.25) is 0 Å². The number of nitrogen functional groups attached to an aromatic ring is 1. The molecule has 0 radical (unpaired) electrons. The Labute approximate surface area is 98.8 Å². The first-order valence-electron chi connectivity index (χ1n) is 5.39. The second-order valence-corrected chi connectivity index (χ2v) is 4.27. The first kappa shape index (κ1) is 10.0. The number of fused-ring (bicyclic) bond motifs is 1. The number of hydrogen-bond acceptors (Lipinski definition) is 4. The van der Waals surface area contributed by atoms with E-state index in [1.165, 1.54) is 0 Å². The third kappa shape index (κ3) is 1.60. The van der Waals surface area contributed by atoms with Crippen molar-refractivity contribution in [3.05, 3.63) is 48.2 Å². The molecule has 1 aliphatic rings. The van der Waals surface area contributed by atoms with Gasteiger partial charge in [-0.1, -0.05) is 12.1 Å². The van der Waals surface area contributed by atoms with E-state index in [0.29, 0.717) is 12.4 Å². The van der Waals surface area contributed by atoms with Crippen LogP contribution in [0.25, 0.3) is 6.08 Å².